The van der Waals surface area contributed by atoms with Gasteiger partial charge in [0.2, 0.25) is 28.6 Å². The fraction of sp³-hybridized carbons (Fsp3) is 0.462. The normalized spacial score (nSPS) is 13.2. The van der Waals surface area contributed by atoms with Gasteiger partial charge in [-0.05, 0) is 49.1 Å². The van der Waals surface area contributed by atoms with E-state index in [2.05, 4.69) is 5.32 Å². The standard InChI is InChI=1S/C26H34ClN3O6S/c1-4-14-28-26(32)22(5-2)29(17-19-8-10-20(27)11-9-19)25(31)7-6-15-30(37(3,33)34)21-12-13-23-24(16-21)36-18-35-23/h8-13,16,22H,4-7,14-15,17-18H2,1-3H3,(H,28,32). The number of nitrogens with one attached hydrogen (secondary N) is 1. The van der Waals surface area contributed by atoms with Crippen molar-refractivity contribution in [3.63, 3.8) is 0 Å². The maximum absolute atomic E-state index is 13.4. The summed E-state index contributed by atoms with van der Waals surface area (Å²) >= 11 is 6.01. The summed E-state index contributed by atoms with van der Waals surface area (Å²) in [5.74, 6) is 0.592. The smallest absolute Gasteiger partial charge is 0.242 e. The van der Waals surface area contributed by atoms with Crippen molar-refractivity contribution < 1.29 is 27.5 Å². The molecule has 0 aliphatic carbocycles. The minimum absolute atomic E-state index is 0.0712. The molecule has 0 saturated heterocycles. The quantitative estimate of drug-likeness (QED) is 0.404. The van der Waals surface area contributed by atoms with E-state index in [-0.39, 0.29) is 44.5 Å². The van der Waals surface area contributed by atoms with Crippen LogP contribution in [0.15, 0.2) is 42.5 Å². The van der Waals surface area contributed by atoms with Crippen LogP contribution in [0, 0.1) is 0 Å². The number of carbonyl (C=O) groups excluding carboxylic acids is 2. The van der Waals surface area contributed by atoms with E-state index in [4.69, 9.17) is 21.1 Å². The van der Waals surface area contributed by atoms with E-state index < -0.39 is 16.1 Å². The molecular formula is C26H34ClN3O6S. The fourth-order valence-electron chi connectivity index (χ4n) is 4.12. The van der Waals surface area contributed by atoms with Crippen molar-refractivity contribution in [2.24, 2.45) is 0 Å². The average molecular weight is 552 g/mol. The summed E-state index contributed by atoms with van der Waals surface area (Å²) in [6.45, 7) is 4.77. The summed E-state index contributed by atoms with van der Waals surface area (Å²) in [6, 6.07) is 11.4. The van der Waals surface area contributed by atoms with Gasteiger partial charge in [-0.15, -0.1) is 0 Å². The van der Waals surface area contributed by atoms with E-state index in [0.717, 1.165) is 18.2 Å². The van der Waals surface area contributed by atoms with Crippen LogP contribution in [-0.2, 0) is 26.2 Å². The number of hydrogen-bond acceptors (Lipinski definition) is 6. The highest BCUT2D eigenvalue weighted by Crippen LogP contribution is 2.36. The van der Waals surface area contributed by atoms with Crippen LogP contribution in [0.25, 0.3) is 0 Å². The topological polar surface area (TPSA) is 105 Å². The zero-order valence-electron chi connectivity index (χ0n) is 21.4. The van der Waals surface area contributed by atoms with Crippen molar-refractivity contribution in [1.82, 2.24) is 10.2 Å². The van der Waals surface area contributed by atoms with Gasteiger partial charge in [0.1, 0.15) is 6.04 Å². The van der Waals surface area contributed by atoms with Crippen molar-refractivity contribution in [2.45, 2.75) is 52.1 Å². The van der Waals surface area contributed by atoms with E-state index in [1.165, 1.54) is 4.31 Å². The van der Waals surface area contributed by atoms with Crippen LogP contribution in [0.5, 0.6) is 11.5 Å². The van der Waals surface area contributed by atoms with E-state index in [1.807, 2.05) is 26.0 Å². The Bertz CT molecular complexity index is 1190. The van der Waals surface area contributed by atoms with E-state index >= 15 is 0 Å². The Morgan fingerprint density at radius 3 is 2.43 bits per heavy atom. The Kier molecular flexibility index (Phi) is 10.0. The van der Waals surface area contributed by atoms with Gasteiger partial charge in [-0.2, -0.15) is 0 Å². The first-order valence-electron chi connectivity index (χ1n) is 12.3. The van der Waals surface area contributed by atoms with Gasteiger partial charge in [0.25, 0.3) is 0 Å². The summed E-state index contributed by atoms with van der Waals surface area (Å²) in [5, 5.41) is 3.47. The van der Waals surface area contributed by atoms with E-state index in [9.17, 15) is 18.0 Å². The Morgan fingerprint density at radius 1 is 1.08 bits per heavy atom. The molecule has 0 aromatic heterocycles. The predicted octanol–water partition coefficient (Wildman–Crippen LogP) is 3.95. The predicted molar refractivity (Wildman–Crippen MR) is 143 cm³/mol. The highest BCUT2D eigenvalue weighted by Gasteiger charge is 2.29. The SMILES string of the molecule is CCCNC(=O)C(CC)N(Cc1ccc(Cl)cc1)C(=O)CCCN(c1ccc2c(c1)OCO2)S(C)(=O)=O. The molecule has 2 aromatic carbocycles. The van der Waals surface area contributed by atoms with Crippen LogP contribution in [0.1, 0.15) is 45.1 Å². The van der Waals surface area contributed by atoms with Crippen molar-refractivity contribution in [2.75, 3.05) is 30.4 Å². The first-order chi connectivity index (χ1) is 17.6. The third-order valence-electron chi connectivity index (χ3n) is 6.00. The molecule has 0 spiro atoms. The lowest BCUT2D eigenvalue weighted by Gasteiger charge is -2.31. The van der Waals surface area contributed by atoms with Gasteiger partial charge in [0.05, 0.1) is 11.9 Å². The third kappa shape index (κ3) is 7.75. The lowest BCUT2D eigenvalue weighted by Crippen LogP contribution is -2.49. The molecular weight excluding hydrogens is 518 g/mol. The van der Waals surface area contributed by atoms with Gasteiger partial charge in [0.15, 0.2) is 11.5 Å². The van der Waals surface area contributed by atoms with Gasteiger partial charge in [-0.3, -0.25) is 13.9 Å². The molecule has 0 fully saturated rings. The number of benzene rings is 2. The number of rotatable bonds is 13. The molecule has 1 heterocycles. The molecule has 11 heteroatoms. The third-order valence-corrected chi connectivity index (χ3v) is 7.44. The van der Waals surface area contributed by atoms with Gasteiger partial charge in [0, 0.05) is 37.1 Å². The summed E-state index contributed by atoms with van der Waals surface area (Å²) in [6.07, 6.45) is 2.69. The molecule has 1 aliphatic heterocycles. The van der Waals surface area contributed by atoms with Crippen LogP contribution in [0.3, 0.4) is 0 Å². The number of anilines is 1. The van der Waals surface area contributed by atoms with Crippen molar-refractivity contribution in [3.8, 4) is 11.5 Å². The maximum atomic E-state index is 13.4. The first kappa shape index (κ1) is 28.6. The highest BCUT2D eigenvalue weighted by atomic mass is 35.5. The lowest BCUT2D eigenvalue weighted by atomic mass is 10.1. The average Bonchev–Trinajstić information content (AvgIpc) is 3.33. The summed E-state index contributed by atoms with van der Waals surface area (Å²) < 4.78 is 37.0. The molecule has 0 bridgehead atoms. The van der Waals surface area contributed by atoms with Crippen molar-refractivity contribution >= 4 is 39.1 Å². The molecule has 1 atom stereocenters. The Morgan fingerprint density at radius 2 is 1.78 bits per heavy atom. The number of sulfonamides is 1. The second-order valence-electron chi connectivity index (χ2n) is 8.84. The number of amides is 2. The second kappa shape index (κ2) is 13.0. The number of carbonyl (C=O) groups is 2. The molecule has 1 unspecified atom stereocenters. The Balaban J connectivity index is 1.74. The van der Waals surface area contributed by atoms with Crippen molar-refractivity contribution in [1.29, 1.82) is 0 Å². The molecule has 1 aliphatic rings. The largest absolute Gasteiger partial charge is 0.454 e. The number of halogens is 1. The first-order valence-corrected chi connectivity index (χ1v) is 14.6. The zero-order chi connectivity index (χ0) is 27.0. The van der Waals surface area contributed by atoms with Gasteiger partial charge >= 0.3 is 0 Å². The van der Waals surface area contributed by atoms with Crippen LogP contribution in [0.4, 0.5) is 5.69 Å². The zero-order valence-corrected chi connectivity index (χ0v) is 23.0. The summed E-state index contributed by atoms with van der Waals surface area (Å²) in [4.78, 5) is 27.9. The Labute approximate surface area is 223 Å². The molecule has 2 aromatic rings. The monoisotopic (exact) mass is 551 g/mol. The van der Waals surface area contributed by atoms with Gasteiger partial charge in [-0.25, -0.2) is 8.42 Å². The molecule has 3 rings (SSSR count). The molecule has 202 valence electrons. The molecule has 1 N–H and O–H groups in total. The van der Waals surface area contributed by atoms with Crippen LogP contribution in [0.2, 0.25) is 5.02 Å². The minimum Gasteiger partial charge on any atom is -0.454 e. The molecule has 9 nitrogen and oxygen atoms in total. The molecule has 2 amide bonds. The highest BCUT2D eigenvalue weighted by molar-refractivity contribution is 7.92. The van der Waals surface area contributed by atoms with Crippen molar-refractivity contribution in [3.05, 3.63) is 53.1 Å². The number of ether oxygens (including phenoxy) is 2. The van der Waals surface area contributed by atoms with Gasteiger partial charge < -0.3 is 19.7 Å². The summed E-state index contributed by atoms with van der Waals surface area (Å²) in [5.41, 5.74) is 1.28. The maximum Gasteiger partial charge on any atom is 0.242 e. The number of nitrogens with zero attached hydrogens (tertiary/aromatic N) is 2. The lowest BCUT2D eigenvalue weighted by molar-refractivity contribution is -0.141. The van der Waals surface area contributed by atoms with E-state index in [0.29, 0.717) is 35.2 Å². The number of fused-ring (bicyclic) bond motifs is 1. The molecule has 37 heavy (non-hydrogen) atoms. The summed E-state index contributed by atoms with van der Waals surface area (Å²) in [7, 11) is -3.62. The van der Waals surface area contributed by atoms with Gasteiger partial charge in [-0.1, -0.05) is 37.6 Å². The van der Waals surface area contributed by atoms with Crippen LogP contribution >= 0.6 is 11.6 Å². The molecule has 0 radical (unpaired) electrons. The van der Waals surface area contributed by atoms with Crippen LogP contribution < -0.4 is 19.1 Å². The number of hydrogen-bond donors (Lipinski definition) is 1. The second-order valence-corrected chi connectivity index (χ2v) is 11.2. The fourth-order valence-corrected chi connectivity index (χ4v) is 5.20. The van der Waals surface area contributed by atoms with Crippen LogP contribution in [-0.4, -0.2) is 57.3 Å². The molecule has 0 saturated carbocycles. The van der Waals surface area contributed by atoms with E-state index in [1.54, 1.807) is 35.2 Å². The Hall–Kier alpha value is -2.98. The minimum atomic E-state index is -3.62.